The summed E-state index contributed by atoms with van der Waals surface area (Å²) >= 11 is 0. The van der Waals surface area contributed by atoms with Crippen molar-refractivity contribution in [2.24, 2.45) is 5.92 Å². The van der Waals surface area contributed by atoms with Crippen LogP contribution in [0.2, 0.25) is 0 Å². The van der Waals surface area contributed by atoms with Gasteiger partial charge < -0.3 is 5.32 Å². The lowest BCUT2D eigenvalue weighted by molar-refractivity contribution is 0.606. The molecular weight excluding hydrogens is 364 g/mol. The van der Waals surface area contributed by atoms with Gasteiger partial charge in [0, 0.05) is 22.7 Å². The third kappa shape index (κ3) is 3.19. The van der Waals surface area contributed by atoms with Crippen LogP contribution >= 0.6 is 0 Å². The highest BCUT2D eigenvalue weighted by molar-refractivity contribution is 5.93. The van der Waals surface area contributed by atoms with E-state index in [2.05, 4.69) is 111 Å². The van der Waals surface area contributed by atoms with Gasteiger partial charge in [0.25, 0.3) is 0 Å². The Labute approximate surface area is 178 Å². The zero-order chi connectivity index (χ0) is 20.7. The Balaban J connectivity index is 1.63. The Kier molecular flexibility index (Phi) is 4.63. The van der Waals surface area contributed by atoms with Crippen LogP contribution in [0.5, 0.6) is 0 Å². The highest BCUT2D eigenvalue weighted by Gasteiger charge is 2.26. The van der Waals surface area contributed by atoms with Crippen molar-refractivity contribution in [1.82, 2.24) is 4.98 Å². The number of para-hydroxylation sites is 2. The van der Waals surface area contributed by atoms with Gasteiger partial charge in [0.1, 0.15) is 0 Å². The van der Waals surface area contributed by atoms with Crippen LogP contribution in [0.1, 0.15) is 40.8 Å². The molecule has 1 aromatic heterocycles. The summed E-state index contributed by atoms with van der Waals surface area (Å²) in [7, 11) is 0. The number of hydrogen-bond acceptors (Lipinski definition) is 2. The largest absolute Gasteiger partial charge is 0.353 e. The molecule has 1 N–H and O–H groups in total. The molecule has 2 nitrogen and oxygen atoms in total. The van der Waals surface area contributed by atoms with Crippen LogP contribution in [0.15, 0.2) is 78.9 Å². The first-order chi connectivity index (χ1) is 14.6. The predicted molar refractivity (Wildman–Crippen MR) is 127 cm³/mol. The maximum absolute atomic E-state index is 5.21. The zero-order valence-corrected chi connectivity index (χ0v) is 17.7. The van der Waals surface area contributed by atoms with Gasteiger partial charge in [-0.05, 0) is 54.2 Å². The fraction of sp³-hybridized carbons (Fsp3) is 0.179. The van der Waals surface area contributed by atoms with Crippen molar-refractivity contribution in [3.05, 3.63) is 107 Å². The lowest BCUT2D eigenvalue weighted by atomic mass is 9.78. The number of aryl methyl sites for hydroxylation is 2. The smallest absolute Gasteiger partial charge is 0.0940 e. The standard InChI is InChI=1S/C28H26N2/c1-18-14-15-21-10-4-5-12-23(21)26(18)24-17-16-22-11-7-13-25(28(22)29-24)30-27-19(2)8-6-9-20(27)3/h4-18,26,30H,1-3H3. The summed E-state index contributed by atoms with van der Waals surface area (Å²) in [6.07, 6.45) is 4.55. The maximum Gasteiger partial charge on any atom is 0.0940 e. The van der Waals surface area contributed by atoms with Crippen LogP contribution in [0.3, 0.4) is 0 Å². The van der Waals surface area contributed by atoms with E-state index in [1.54, 1.807) is 0 Å². The molecule has 4 aromatic rings. The van der Waals surface area contributed by atoms with E-state index in [1.807, 2.05) is 0 Å². The summed E-state index contributed by atoms with van der Waals surface area (Å²) in [4.78, 5) is 5.21. The molecule has 30 heavy (non-hydrogen) atoms. The molecule has 0 radical (unpaired) electrons. The number of aromatic nitrogens is 1. The average molecular weight is 391 g/mol. The quantitative estimate of drug-likeness (QED) is 0.394. The monoisotopic (exact) mass is 390 g/mol. The van der Waals surface area contributed by atoms with Crippen molar-refractivity contribution >= 4 is 28.4 Å². The van der Waals surface area contributed by atoms with Crippen LogP contribution in [0.25, 0.3) is 17.0 Å². The highest BCUT2D eigenvalue weighted by atomic mass is 14.9. The van der Waals surface area contributed by atoms with Crippen LogP contribution < -0.4 is 5.32 Å². The molecule has 0 fully saturated rings. The molecular formula is C28H26N2. The number of nitrogens with zero attached hydrogens (tertiary/aromatic N) is 1. The molecule has 0 amide bonds. The van der Waals surface area contributed by atoms with Gasteiger partial charge in [-0.25, -0.2) is 4.98 Å². The molecule has 0 aliphatic heterocycles. The summed E-state index contributed by atoms with van der Waals surface area (Å²) in [5.74, 6) is 0.674. The number of hydrogen-bond donors (Lipinski definition) is 1. The first kappa shape index (κ1) is 18.6. The summed E-state index contributed by atoms with van der Waals surface area (Å²) in [6, 6.07) is 25.8. The van der Waals surface area contributed by atoms with Crippen molar-refractivity contribution in [2.75, 3.05) is 5.32 Å². The van der Waals surface area contributed by atoms with Gasteiger partial charge in [-0.1, -0.05) is 79.7 Å². The van der Waals surface area contributed by atoms with E-state index in [1.165, 1.54) is 22.3 Å². The average Bonchev–Trinajstić information content (AvgIpc) is 2.76. The number of anilines is 2. The molecule has 0 bridgehead atoms. The molecule has 2 atom stereocenters. The Hall–Kier alpha value is -3.39. The molecule has 2 heteroatoms. The first-order valence-corrected chi connectivity index (χ1v) is 10.6. The molecule has 2 unspecified atom stereocenters. The molecule has 1 aliphatic rings. The molecule has 0 spiro atoms. The van der Waals surface area contributed by atoms with E-state index in [0.29, 0.717) is 5.92 Å². The van der Waals surface area contributed by atoms with Gasteiger partial charge in [0.15, 0.2) is 0 Å². The number of fused-ring (bicyclic) bond motifs is 2. The van der Waals surface area contributed by atoms with E-state index in [4.69, 9.17) is 4.98 Å². The predicted octanol–water partition coefficient (Wildman–Crippen LogP) is 7.39. The molecule has 1 heterocycles. The summed E-state index contributed by atoms with van der Waals surface area (Å²) in [5, 5.41) is 4.82. The number of pyridine rings is 1. The molecule has 1 aliphatic carbocycles. The fourth-order valence-electron chi connectivity index (χ4n) is 4.61. The fourth-order valence-corrected chi connectivity index (χ4v) is 4.61. The van der Waals surface area contributed by atoms with Crippen LogP contribution in [-0.4, -0.2) is 4.98 Å². The van der Waals surface area contributed by atoms with Gasteiger partial charge in [0.2, 0.25) is 0 Å². The number of benzene rings is 3. The van der Waals surface area contributed by atoms with Gasteiger partial charge in [-0.2, -0.15) is 0 Å². The van der Waals surface area contributed by atoms with Crippen LogP contribution in [-0.2, 0) is 0 Å². The van der Waals surface area contributed by atoms with E-state index >= 15 is 0 Å². The highest BCUT2D eigenvalue weighted by Crippen LogP contribution is 2.39. The van der Waals surface area contributed by atoms with E-state index in [-0.39, 0.29) is 5.92 Å². The summed E-state index contributed by atoms with van der Waals surface area (Å²) < 4.78 is 0. The summed E-state index contributed by atoms with van der Waals surface area (Å²) in [6.45, 7) is 6.57. The van der Waals surface area contributed by atoms with Gasteiger partial charge in [-0.15, -0.1) is 0 Å². The second-order valence-corrected chi connectivity index (χ2v) is 8.33. The normalized spacial score (nSPS) is 17.7. The Bertz CT molecular complexity index is 1250. The topological polar surface area (TPSA) is 24.9 Å². The van der Waals surface area contributed by atoms with Crippen LogP contribution in [0, 0.1) is 19.8 Å². The van der Waals surface area contributed by atoms with Gasteiger partial charge >= 0.3 is 0 Å². The number of rotatable bonds is 3. The van der Waals surface area contributed by atoms with Crippen molar-refractivity contribution in [3.8, 4) is 0 Å². The SMILES string of the molecule is Cc1cccc(C)c1Nc1cccc2ccc(C3c4ccccc4C=CC3C)nc12. The minimum Gasteiger partial charge on any atom is -0.353 e. The minimum atomic E-state index is 0.267. The Morgan fingerprint density at radius 3 is 2.40 bits per heavy atom. The molecule has 0 saturated carbocycles. The molecule has 5 rings (SSSR count). The second-order valence-electron chi connectivity index (χ2n) is 8.33. The lowest BCUT2D eigenvalue weighted by Gasteiger charge is -2.27. The summed E-state index contributed by atoms with van der Waals surface area (Å²) in [5.41, 5.74) is 9.50. The van der Waals surface area contributed by atoms with E-state index in [9.17, 15) is 0 Å². The van der Waals surface area contributed by atoms with Gasteiger partial charge in [0.05, 0.1) is 11.2 Å². The van der Waals surface area contributed by atoms with E-state index in [0.717, 1.165) is 28.0 Å². The third-order valence-corrected chi connectivity index (χ3v) is 6.24. The molecule has 148 valence electrons. The Morgan fingerprint density at radius 1 is 0.800 bits per heavy atom. The Morgan fingerprint density at radius 2 is 1.57 bits per heavy atom. The number of allylic oxidation sites excluding steroid dienone is 1. The minimum absolute atomic E-state index is 0.267. The van der Waals surface area contributed by atoms with Gasteiger partial charge in [-0.3, -0.25) is 0 Å². The second kappa shape index (κ2) is 7.46. The lowest BCUT2D eigenvalue weighted by Crippen LogP contribution is -2.15. The van der Waals surface area contributed by atoms with Crippen molar-refractivity contribution < 1.29 is 0 Å². The number of nitrogens with one attached hydrogen (secondary N) is 1. The van der Waals surface area contributed by atoms with Crippen molar-refractivity contribution in [2.45, 2.75) is 26.7 Å². The maximum atomic E-state index is 5.21. The van der Waals surface area contributed by atoms with E-state index < -0.39 is 0 Å². The first-order valence-electron chi connectivity index (χ1n) is 10.6. The third-order valence-electron chi connectivity index (χ3n) is 6.24. The zero-order valence-electron chi connectivity index (χ0n) is 17.7. The van der Waals surface area contributed by atoms with Crippen molar-refractivity contribution in [1.29, 1.82) is 0 Å². The van der Waals surface area contributed by atoms with Crippen molar-refractivity contribution in [3.63, 3.8) is 0 Å². The molecule has 3 aromatic carbocycles. The van der Waals surface area contributed by atoms with Crippen LogP contribution in [0.4, 0.5) is 11.4 Å². The molecule has 0 saturated heterocycles.